The van der Waals surface area contributed by atoms with Crippen molar-refractivity contribution < 1.29 is 4.79 Å². The molecule has 1 aromatic carbocycles. The average Bonchev–Trinajstić information content (AvgIpc) is 3.36. The molecule has 0 spiro atoms. The highest BCUT2D eigenvalue weighted by Gasteiger charge is 2.48. The van der Waals surface area contributed by atoms with Crippen molar-refractivity contribution in [3.8, 4) is 10.6 Å². The van der Waals surface area contributed by atoms with Crippen LogP contribution in [0.25, 0.3) is 21.5 Å². The molecule has 25 heavy (non-hydrogen) atoms. The highest BCUT2D eigenvalue weighted by Crippen LogP contribution is 2.32. The molecule has 128 valence electrons. The van der Waals surface area contributed by atoms with Crippen molar-refractivity contribution in [2.24, 2.45) is 0 Å². The molecule has 2 N–H and O–H groups in total. The number of nitrogens with zero attached hydrogens (tertiary/aromatic N) is 3. The Morgan fingerprint density at radius 2 is 2.28 bits per heavy atom. The number of ketones is 1. The largest absolute Gasteiger partial charge is 0.310 e. The highest BCUT2D eigenvalue weighted by molar-refractivity contribution is 7.13. The summed E-state index contributed by atoms with van der Waals surface area (Å²) in [5.74, 6) is 0.103. The minimum atomic E-state index is -0.119. The maximum atomic E-state index is 13.1. The van der Waals surface area contributed by atoms with E-state index in [0.29, 0.717) is 11.7 Å². The number of fused-ring (bicyclic) bond motifs is 3. The molecule has 2 aliphatic heterocycles. The molecular formula is C18H19N5OS. The van der Waals surface area contributed by atoms with Gasteiger partial charge in [0.1, 0.15) is 10.7 Å². The summed E-state index contributed by atoms with van der Waals surface area (Å²) in [5, 5.41) is 14.8. The number of carbonyl (C=O) groups is 1. The summed E-state index contributed by atoms with van der Waals surface area (Å²) in [7, 11) is 2.05. The maximum Gasteiger partial charge on any atom is 0.202 e. The number of hydrogen-bond acceptors (Lipinski definition) is 6. The van der Waals surface area contributed by atoms with Gasteiger partial charge in [0.2, 0.25) is 5.78 Å². The zero-order chi connectivity index (χ0) is 17.1. The summed E-state index contributed by atoms with van der Waals surface area (Å²) >= 11 is 1.63. The van der Waals surface area contributed by atoms with Crippen LogP contribution in [0.15, 0.2) is 23.6 Å². The van der Waals surface area contributed by atoms with E-state index in [-0.39, 0.29) is 17.9 Å². The normalized spacial score (nSPS) is 25.9. The first-order valence-corrected chi connectivity index (χ1v) is 9.40. The number of nitrogens with one attached hydrogen (secondary N) is 2. The van der Waals surface area contributed by atoms with Crippen LogP contribution in [-0.2, 0) is 0 Å². The quantitative estimate of drug-likeness (QED) is 0.707. The number of piperazine rings is 1. The van der Waals surface area contributed by atoms with Gasteiger partial charge in [0.15, 0.2) is 0 Å². The Bertz CT molecular complexity index is 975. The number of H-pyrrole nitrogens is 1. The number of likely N-dealkylation sites (tertiary alicyclic amines) is 1. The zero-order valence-electron chi connectivity index (χ0n) is 14.1. The fourth-order valence-electron chi connectivity index (χ4n) is 4.14. The number of likely N-dealkylation sites (N-methyl/N-ethyl adjacent to an activating group) is 1. The fraction of sp³-hybridized carbons (Fsp3) is 0.389. The van der Waals surface area contributed by atoms with Gasteiger partial charge in [0.05, 0.1) is 11.6 Å². The number of Topliss-reactive ketones (excluding diaryl/α,β-unsaturated/α-hetero) is 1. The molecule has 2 aromatic heterocycles. The van der Waals surface area contributed by atoms with Gasteiger partial charge in [-0.3, -0.25) is 14.8 Å². The van der Waals surface area contributed by atoms with E-state index in [1.807, 2.05) is 37.6 Å². The van der Waals surface area contributed by atoms with Crippen molar-refractivity contribution in [1.82, 2.24) is 25.4 Å². The second-order valence-corrected chi connectivity index (χ2v) is 7.86. The number of aromatic amines is 1. The van der Waals surface area contributed by atoms with Gasteiger partial charge in [-0.05, 0) is 32.5 Å². The Hall–Kier alpha value is -2.09. The SMILES string of the molecule is Cc1csc(-c2ccc3c(C(=O)C4[C@H]5C[C@@H](CN5)N4C)n[nH]c3c2)n1. The molecule has 2 aliphatic rings. The number of benzene rings is 1. The van der Waals surface area contributed by atoms with E-state index in [2.05, 4.69) is 25.4 Å². The van der Waals surface area contributed by atoms with Crippen LogP contribution < -0.4 is 5.32 Å². The molecule has 0 aliphatic carbocycles. The molecule has 2 fully saturated rings. The second kappa shape index (κ2) is 5.45. The predicted molar refractivity (Wildman–Crippen MR) is 98.0 cm³/mol. The van der Waals surface area contributed by atoms with E-state index in [9.17, 15) is 4.79 Å². The number of aryl methyl sites for hydroxylation is 1. The maximum absolute atomic E-state index is 13.1. The molecule has 0 saturated carbocycles. The smallest absolute Gasteiger partial charge is 0.202 e. The van der Waals surface area contributed by atoms with Gasteiger partial charge < -0.3 is 5.32 Å². The molecule has 7 heteroatoms. The number of carbonyl (C=O) groups excluding carboxylic acids is 1. The molecular weight excluding hydrogens is 334 g/mol. The molecule has 3 atom stereocenters. The minimum absolute atomic E-state index is 0.103. The van der Waals surface area contributed by atoms with E-state index in [0.717, 1.165) is 40.1 Å². The van der Waals surface area contributed by atoms with Crippen LogP contribution >= 0.6 is 11.3 Å². The van der Waals surface area contributed by atoms with Gasteiger partial charge in [0, 0.05) is 40.7 Å². The number of thiazole rings is 1. The van der Waals surface area contributed by atoms with Crippen LogP contribution in [-0.4, -0.2) is 57.6 Å². The van der Waals surface area contributed by atoms with E-state index < -0.39 is 0 Å². The molecule has 0 radical (unpaired) electrons. The molecule has 0 amide bonds. The summed E-state index contributed by atoms with van der Waals surface area (Å²) in [6, 6.07) is 6.62. The molecule has 5 rings (SSSR count). The van der Waals surface area contributed by atoms with Crippen LogP contribution in [0.4, 0.5) is 0 Å². The molecule has 3 aromatic rings. The number of hydrogen-bond donors (Lipinski definition) is 2. The Morgan fingerprint density at radius 1 is 1.40 bits per heavy atom. The minimum Gasteiger partial charge on any atom is -0.310 e. The Labute approximate surface area is 149 Å². The topological polar surface area (TPSA) is 73.9 Å². The predicted octanol–water partition coefficient (Wildman–Crippen LogP) is 2.22. The van der Waals surface area contributed by atoms with Crippen LogP contribution in [0.2, 0.25) is 0 Å². The summed E-state index contributed by atoms with van der Waals surface area (Å²) < 4.78 is 0. The number of rotatable bonds is 3. The number of aromatic nitrogens is 3. The van der Waals surface area contributed by atoms with E-state index >= 15 is 0 Å². The lowest BCUT2D eigenvalue weighted by Crippen LogP contribution is -2.53. The third kappa shape index (κ3) is 2.27. The average molecular weight is 353 g/mol. The van der Waals surface area contributed by atoms with Crippen molar-refractivity contribution in [2.75, 3.05) is 13.6 Å². The van der Waals surface area contributed by atoms with Crippen molar-refractivity contribution in [1.29, 1.82) is 0 Å². The van der Waals surface area contributed by atoms with Gasteiger partial charge in [-0.2, -0.15) is 5.10 Å². The zero-order valence-corrected chi connectivity index (χ0v) is 14.9. The molecule has 1 unspecified atom stereocenters. The Kier molecular flexibility index (Phi) is 3.31. The van der Waals surface area contributed by atoms with E-state index in [1.54, 1.807) is 11.3 Å². The summed E-state index contributed by atoms with van der Waals surface area (Å²) in [4.78, 5) is 19.8. The lowest BCUT2D eigenvalue weighted by molar-refractivity contribution is 0.0811. The van der Waals surface area contributed by atoms with Crippen LogP contribution in [0.1, 0.15) is 22.6 Å². The first kappa shape index (κ1) is 15.2. The van der Waals surface area contributed by atoms with Crippen LogP contribution in [0.5, 0.6) is 0 Å². The molecule has 6 nitrogen and oxygen atoms in total. The summed E-state index contributed by atoms with van der Waals surface area (Å²) in [5.41, 5.74) is 3.50. The van der Waals surface area contributed by atoms with Gasteiger partial charge in [-0.15, -0.1) is 11.3 Å². The first-order valence-electron chi connectivity index (χ1n) is 8.52. The standard InChI is InChI=1S/C18H19N5OS/c1-9-8-25-18(20-9)10-3-4-12-13(5-10)21-22-15(12)17(24)16-14-6-11(7-19-14)23(16)2/h3-5,8,11,14,16,19H,6-7H2,1-2H3,(H,21,22)/t11-,14+,16?/m0/s1. The third-order valence-electron chi connectivity index (χ3n) is 5.47. The van der Waals surface area contributed by atoms with Crippen LogP contribution in [0, 0.1) is 6.92 Å². The van der Waals surface area contributed by atoms with Gasteiger partial charge >= 0.3 is 0 Å². The van der Waals surface area contributed by atoms with Gasteiger partial charge in [0.25, 0.3) is 0 Å². The summed E-state index contributed by atoms with van der Waals surface area (Å²) in [6.45, 7) is 2.97. The molecule has 2 saturated heterocycles. The molecule has 2 bridgehead atoms. The van der Waals surface area contributed by atoms with Crippen LogP contribution in [0.3, 0.4) is 0 Å². The van der Waals surface area contributed by atoms with Crippen molar-refractivity contribution >= 4 is 28.0 Å². The lowest BCUT2D eigenvalue weighted by Gasteiger charge is -2.30. The van der Waals surface area contributed by atoms with Gasteiger partial charge in [-0.1, -0.05) is 6.07 Å². The van der Waals surface area contributed by atoms with Crippen molar-refractivity contribution in [2.45, 2.75) is 31.5 Å². The van der Waals surface area contributed by atoms with Crippen molar-refractivity contribution in [3.63, 3.8) is 0 Å². The third-order valence-corrected chi connectivity index (χ3v) is 6.48. The monoisotopic (exact) mass is 353 g/mol. The second-order valence-electron chi connectivity index (χ2n) is 7.01. The van der Waals surface area contributed by atoms with E-state index in [1.165, 1.54) is 0 Å². The van der Waals surface area contributed by atoms with E-state index in [4.69, 9.17) is 0 Å². The Balaban J connectivity index is 1.51. The highest BCUT2D eigenvalue weighted by atomic mass is 32.1. The van der Waals surface area contributed by atoms with Gasteiger partial charge in [-0.25, -0.2) is 4.98 Å². The first-order chi connectivity index (χ1) is 12.1. The van der Waals surface area contributed by atoms with Crippen molar-refractivity contribution in [3.05, 3.63) is 35.0 Å². The lowest BCUT2D eigenvalue weighted by atomic mass is 10.0. The molecule has 4 heterocycles. The Morgan fingerprint density at radius 3 is 3.00 bits per heavy atom. The fourth-order valence-corrected chi connectivity index (χ4v) is 4.94. The summed E-state index contributed by atoms with van der Waals surface area (Å²) in [6.07, 6.45) is 1.04.